The molecule has 0 bridgehead atoms. The molecule has 0 fully saturated rings. The molecule has 8 nitrogen and oxygen atoms in total. The number of halogens is 1. The van der Waals surface area contributed by atoms with Crippen LogP contribution in [0.3, 0.4) is 0 Å². The zero-order valence-electron chi connectivity index (χ0n) is 16.6. The van der Waals surface area contributed by atoms with Gasteiger partial charge in [-0.25, -0.2) is 9.97 Å². The number of benzene rings is 1. The van der Waals surface area contributed by atoms with E-state index in [0.29, 0.717) is 30.5 Å². The van der Waals surface area contributed by atoms with Gasteiger partial charge in [0.25, 0.3) is 0 Å². The molecule has 0 aliphatic carbocycles. The van der Waals surface area contributed by atoms with Crippen LogP contribution in [-0.4, -0.2) is 41.8 Å². The largest absolute Gasteiger partial charge is 0.493 e. The van der Waals surface area contributed by atoms with Crippen molar-refractivity contribution in [2.24, 2.45) is 4.99 Å². The summed E-state index contributed by atoms with van der Waals surface area (Å²) in [5.41, 5.74) is 2.15. The molecule has 3 aromatic rings. The number of methoxy groups -OCH3 is 2. The molecule has 3 rings (SSSR count). The van der Waals surface area contributed by atoms with E-state index in [1.54, 1.807) is 40.0 Å². The fraction of sp³-hybridized carbons (Fsp3) is 0.250. The lowest BCUT2D eigenvalue weighted by Gasteiger charge is -2.14. The molecule has 2 heterocycles. The van der Waals surface area contributed by atoms with Crippen molar-refractivity contribution in [1.29, 1.82) is 0 Å². The normalized spacial score (nSPS) is 10.8. The minimum atomic E-state index is 0. The summed E-state index contributed by atoms with van der Waals surface area (Å²) in [5.74, 6) is 2.94. The van der Waals surface area contributed by atoms with Gasteiger partial charge in [0.2, 0.25) is 0 Å². The molecule has 0 spiro atoms. The lowest BCUT2D eigenvalue weighted by Crippen LogP contribution is -2.36. The first-order valence-electron chi connectivity index (χ1n) is 8.82. The maximum Gasteiger partial charge on any atom is 0.191 e. The van der Waals surface area contributed by atoms with E-state index in [0.717, 1.165) is 16.9 Å². The van der Waals surface area contributed by atoms with Gasteiger partial charge in [0.15, 0.2) is 17.5 Å². The van der Waals surface area contributed by atoms with Gasteiger partial charge in [-0.3, -0.25) is 9.56 Å². The van der Waals surface area contributed by atoms with Gasteiger partial charge in [0.1, 0.15) is 12.1 Å². The highest BCUT2D eigenvalue weighted by Gasteiger charge is 2.06. The molecule has 0 amide bonds. The minimum absolute atomic E-state index is 0. The Morgan fingerprint density at radius 2 is 1.72 bits per heavy atom. The second kappa shape index (κ2) is 11.2. The van der Waals surface area contributed by atoms with Crippen LogP contribution in [-0.2, 0) is 13.1 Å². The number of imidazole rings is 1. The third-order valence-corrected chi connectivity index (χ3v) is 4.17. The molecule has 0 saturated carbocycles. The monoisotopic (exact) mass is 508 g/mol. The Balaban J connectivity index is 0.00000300. The van der Waals surface area contributed by atoms with Crippen molar-refractivity contribution in [3.05, 3.63) is 66.4 Å². The van der Waals surface area contributed by atoms with E-state index < -0.39 is 0 Å². The van der Waals surface area contributed by atoms with Crippen molar-refractivity contribution in [2.45, 2.75) is 13.1 Å². The molecule has 0 atom stereocenters. The smallest absolute Gasteiger partial charge is 0.191 e. The molecule has 2 N–H and O–H groups in total. The topological polar surface area (TPSA) is 85.6 Å². The van der Waals surface area contributed by atoms with Crippen molar-refractivity contribution in [3.8, 4) is 17.3 Å². The van der Waals surface area contributed by atoms with Crippen LogP contribution in [0.25, 0.3) is 5.82 Å². The van der Waals surface area contributed by atoms with E-state index in [1.807, 2.05) is 41.1 Å². The Labute approximate surface area is 187 Å². The SMILES string of the molecule is CN=C(NCc1ccnc(-n2ccnc2)c1)NCc1ccc(OC)c(OC)c1.I. The lowest BCUT2D eigenvalue weighted by molar-refractivity contribution is 0.354. The fourth-order valence-corrected chi connectivity index (χ4v) is 2.69. The average molecular weight is 508 g/mol. The molecule has 0 saturated heterocycles. The molecular formula is C20H25IN6O2. The van der Waals surface area contributed by atoms with Crippen molar-refractivity contribution >= 4 is 29.9 Å². The van der Waals surface area contributed by atoms with E-state index in [9.17, 15) is 0 Å². The molecule has 0 aliphatic rings. The number of hydrogen-bond acceptors (Lipinski definition) is 5. The number of pyridine rings is 1. The lowest BCUT2D eigenvalue weighted by atomic mass is 10.2. The molecule has 0 aliphatic heterocycles. The zero-order chi connectivity index (χ0) is 19.8. The van der Waals surface area contributed by atoms with Gasteiger partial charge < -0.3 is 20.1 Å². The first-order chi connectivity index (χ1) is 13.7. The van der Waals surface area contributed by atoms with Gasteiger partial charge in [-0.2, -0.15) is 0 Å². The third kappa shape index (κ3) is 6.08. The molecule has 0 unspecified atom stereocenters. The van der Waals surface area contributed by atoms with Gasteiger partial charge in [-0.1, -0.05) is 6.07 Å². The Morgan fingerprint density at radius 3 is 2.34 bits per heavy atom. The molecule has 29 heavy (non-hydrogen) atoms. The van der Waals surface area contributed by atoms with Crippen molar-refractivity contribution in [3.63, 3.8) is 0 Å². The van der Waals surface area contributed by atoms with Gasteiger partial charge in [0, 0.05) is 38.7 Å². The number of aromatic nitrogens is 3. The van der Waals surface area contributed by atoms with Crippen LogP contribution in [0.15, 0.2) is 60.2 Å². The highest BCUT2D eigenvalue weighted by molar-refractivity contribution is 14.0. The quantitative estimate of drug-likeness (QED) is 0.290. The van der Waals surface area contributed by atoms with Crippen LogP contribution in [0, 0.1) is 0 Å². The number of nitrogens with one attached hydrogen (secondary N) is 2. The van der Waals surface area contributed by atoms with E-state index in [4.69, 9.17) is 9.47 Å². The molecular weight excluding hydrogens is 483 g/mol. The van der Waals surface area contributed by atoms with Crippen LogP contribution in [0.4, 0.5) is 0 Å². The Morgan fingerprint density at radius 1 is 1.00 bits per heavy atom. The van der Waals surface area contributed by atoms with Gasteiger partial charge in [0.05, 0.1) is 14.2 Å². The predicted octanol–water partition coefficient (Wildman–Crippen LogP) is 2.77. The van der Waals surface area contributed by atoms with Crippen LogP contribution < -0.4 is 20.1 Å². The second-order valence-corrected chi connectivity index (χ2v) is 5.96. The number of rotatable bonds is 7. The maximum absolute atomic E-state index is 5.35. The summed E-state index contributed by atoms with van der Waals surface area (Å²) < 4.78 is 12.5. The first kappa shape index (κ1) is 22.5. The van der Waals surface area contributed by atoms with Crippen molar-refractivity contribution in [1.82, 2.24) is 25.2 Å². The molecule has 154 valence electrons. The average Bonchev–Trinajstić information content (AvgIpc) is 3.29. The highest BCUT2D eigenvalue weighted by Crippen LogP contribution is 2.27. The summed E-state index contributed by atoms with van der Waals surface area (Å²) in [6.07, 6.45) is 7.10. The number of aliphatic imine (C=N–C) groups is 1. The highest BCUT2D eigenvalue weighted by atomic mass is 127. The maximum atomic E-state index is 5.35. The van der Waals surface area contributed by atoms with E-state index >= 15 is 0 Å². The van der Waals surface area contributed by atoms with E-state index in [1.165, 1.54) is 0 Å². The van der Waals surface area contributed by atoms with Gasteiger partial charge >= 0.3 is 0 Å². The summed E-state index contributed by atoms with van der Waals surface area (Å²) in [6, 6.07) is 9.80. The summed E-state index contributed by atoms with van der Waals surface area (Å²) in [4.78, 5) is 12.7. The molecule has 2 aromatic heterocycles. The van der Waals surface area contributed by atoms with Crippen LogP contribution >= 0.6 is 24.0 Å². The Hall–Kier alpha value is -2.82. The molecule has 9 heteroatoms. The number of ether oxygens (including phenoxy) is 2. The van der Waals surface area contributed by atoms with Crippen molar-refractivity contribution < 1.29 is 9.47 Å². The summed E-state index contributed by atoms with van der Waals surface area (Å²) >= 11 is 0. The summed E-state index contributed by atoms with van der Waals surface area (Å²) in [7, 11) is 4.99. The Bertz CT molecular complexity index is 930. The molecule has 1 aromatic carbocycles. The second-order valence-electron chi connectivity index (χ2n) is 5.96. The zero-order valence-corrected chi connectivity index (χ0v) is 19.0. The van der Waals surface area contributed by atoms with E-state index in [-0.39, 0.29) is 24.0 Å². The number of nitrogens with zero attached hydrogens (tertiary/aromatic N) is 4. The summed E-state index contributed by atoms with van der Waals surface area (Å²) in [6.45, 7) is 1.23. The number of hydrogen-bond donors (Lipinski definition) is 2. The first-order valence-corrected chi connectivity index (χ1v) is 8.82. The van der Waals surface area contributed by atoms with Crippen molar-refractivity contribution in [2.75, 3.05) is 21.3 Å². The third-order valence-electron chi connectivity index (χ3n) is 4.17. The fourth-order valence-electron chi connectivity index (χ4n) is 2.69. The Kier molecular flexibility index (Phi) is 8.71. The van der Waals surface area contributed by atoms with Crippen LogP contribution in [0.1, 0.15) is 11.1 Å². The standard InChI is InChI=1S/C20H24N6O2.HI/c1-21-20(24-12-15-4-5-17(27-2)18(10-15)28-3)25-13-16-6-7-23-19(11-16)26-9-8-22-14-26;/h4-11,14H,12-13H2,1-3H3,(H2,21,24,25);1H. The number of guanidine groups is 1. The van der Waals surface area contributed by atoms with Gasteiger partial charge in [-0.05, 0) is 35.4 Å². The van der Waals surface area contributed by atoms with Crippen LogP contribution in [0.2, 0.25) is 0 Å². The van der Waals surface area contributed by atoms with Gasteiger partial charge in [-0.15, -0.1) is 24.0 Å². The predicted molar refractivity (Wildman–Crippen MR) is 123 cm³/mol. The molecule has 0 radical (unpaired) electrons. The van der Waals surface area contributed by atoms with Crippen LogP contribution in [0.5, 0.6) is 11.5 Å². The summed E-state index contributed by atoms with van der Waals surface area (Å²) in [5, 5.41) is 6.61. The minimum Gasteiger partial charge on any atom is -0.493 e. The van der Waals surface area contributed by atoms with E-state index in [2.05, 4.69) is 25.6 Å².